The Morgan fingerprint density at radius 1 is 1.26 bits per heavy atom. The molecule has 0 atom stereocenters. The normalized spacial score (nSPS) is 16.1. The van der Waals surface area contributed by atoms with Gasteiger partial charge in [-0.15, -0.1) is 24.0 Å². The van der Waals surface area contributed by atoms with E-state index < -0.39 is 10.0 Å². The van der Waals surface area contributed by atoms with Crippen LogP contribution in [0.15, 0.2) is 23.2 Å². The molecule has 1 aliphatic rings. The number of nitrogens with zero attached hydrogens (tertiary/aromatic N) is 2. The van der Waals surface area contributed by atoms with Crippen molar-refractivity contribution < 1.29 is 13.2 Å². The van der Waals surface area contributed by atoms with Gasteiger partial charge in [-0.2, -0.15) is 0 Å². The highest BCUT2D eigenvalue weighted by Gasteiger charge is 2.24. The smallest absolute Gasteiger partial charge is 0.211 e. The summed E-state index contributed by atoms with van der Waals surface area (Å²) in [6.07, 6.45) is 4.04. The Morgan fingerprint density at radius 3 is 2.52 bits per heavy atom. The fraction of sp³-hybridized carbons (Fsp3) is 0.682. The number of hydrogen-bond donors (Lipinski definition) is 2. The minimum atomic E-state index is -3.08. The van der Waals surface area contributed by atoms with Crippen LogP contribution in [0, 0.1) is 18.8 Å². The molecule has 2 N–H and O–H groups in total. The summed E-state index contributed by atoms with van der Waals surface area (Å²) >= 11 is 0. The van der Waals surface area contributed by atoms with Crippen molar-refractivity contribution in [1.82, 2.24) is 14.9 Å². The van der Waals surface area contributed by atoms with Crippen molar-refractivity contribution in [2.75, 3.05) is 39.5 Å². The first-order valence-corrected chi connectivity index (χ1v) is 12.7. The number of rotatable bonds is 9. The summed E-state index contributed by atoms with van der Waals surface area (Å²) in [6.45, 7) is 9.78. The number of guanidine groups is 1. The van der Waals surface area contributed by atoms with E-state index in [-0.39, 0.29) is 24.0 Å². The van der Waals surface area contributed by atoms with E-state index in [2.05, 4.69) is 54.6 Å². The lowest BCUT2D eigenvalue weighted by molar-refractivity contribution is 0.274. The van der Waals surface area contributed by atoms with Crippen LogP contribution in [-0.2, 0) is 16.6 Å². The van der Waals surface area contributed by atoms with Crippen molar-refractivity contribution in [3.05, 3.63) is 29.3 Å². The molecule has 1 aromatic rings. The number of ether oxygens (including phenoxy) is 1. The Bertz CT molecular complexity index is 807. The molecule has 1 aliphatic heterocycles. The zero-order valence-electron chi connectivity index (χ0n) is 19.5. The number of hydrogen-bond acceptors (Lipinski definition) is 4. The third-order valence-electron chi connectivity index (χ3n) is 5.45. The van der Waals surface area contributed by atoms with Crippen LogP contribution in [0.2, 0.25) is 0 Å². The maximum absolute atomic E-state index is 11.6. The second kappa shape index (κ2) is 13.5. The number of aliphatic imine (C=N–C) groups is 1. The molecule has 0 radical (unpaired) electrons. The lowest BCUT2D eigenvalue weighted by Gasteiger charge is -2.30. The second-order valence-electron chi connectivity index (χ2n) is 8.55. The molecule has 31 heavy (non-hydrogen) atoms. The van der Waals surface area contributed by atoms with E-state index in [4.69, 9.17) is 4.74 Å². The molecule has 0 amide bonds. The standard InChI is InChI=1S/C22H38N4O3S.HI/c1-17(2)10-13-29-21-14-18(3)6-7-20(21)16-25-22(23-4)24-15-19-8-11-26(12-9-19)30(5,27)28;/h6-7,14,17,19H,8-13,15-16H2,1-5H3,(H2,23,24,25);1H. The highest BCUT2D eigenvalue weighted by Crippen LogP contribution is 2.21. The molecule has 0 aromatic heterocycles. The lowest BCUT2D eigenvalue weighted by atomic mass is 9.98. The van der Waals surface area contributed by atoms with E-state index in [1.165, 1.54) is 11.8 Å². The summed E-state index contributed by atoms with van der Waals surface area (Å²) in [5.74, 6) is 2.72. The molecule has 1 saturated heterocycles. The van der Waals surface area contributed by atoms with Crippen LogP contribution in [0.3, 0.4) is 0 Å². The number of sulfonamides is 1. The van der Waals surface area contributed by atoms with Gasteiger partial charge >= 0.3 is 0 Å². The van der Waals surface area contributed by atoms with Crippen LogP contribution in [-0.4, -0.2) is 58.2 Å². The molecule has 0 aliphatic carbocycles. The third-order valence-corrected chi connectivity index (χ3v) is 6.75. The van der Waals surface area contributed by atoms with Gasteiger partial charge in [0.1, 0.15) is 5.75 Å². The van der Waals surface area contributed by atoms with Crippen molar-refractivity contribution in [3.63, 3.8) is 0 Å². The molecule has 2 rings (SSSR count). The van der Waals surface area contributed by atoms with Crippen molar-refractivity contribution in [2.45, 2.75) is 46.6 Å². The summed E-state index contributed by atoms with van der Waals surface area (Å²) in [5, 5.41) is 6.75. The zero-order chi connectivity index (χ0) is 22.1. The Kier molecular flexibility index (Phi) is 12.2. The van der Waals surface area contributed by atoms with Crippen molar-refractivity contribution in [1.29, 1.82) is 0 Å². The maximum atomic E-state index is 11.6. The Morgan fingerprint density at radius 2 is 1.94 bits per heavy atom. The average molecular weight is 567 g/mol. The van der Waals surface area contributed by atoms with Gasteiger partial charge in [-0.05, 0) is 49.7 Å². The minimum Gasteiger partial charge on any atom is -0.493 e. The van der Waals surface area contributed by atoms with Crippen LogP contribution in [0.4, 0.5) is 0 Å². The molecule has 0 unspecified atom stereocenters. The summed E-state index contributed by atoms with van der Waals surface area (Å²) < 4.78 is 30.9. The molecule has 178 valence electrons. The number of nitrogens with one attached hydrogen (secondary N) is 2. The summed E-state index contributed by atoms with van der Waals surface area (Å²) in [4.78, 5) is 4.32. The monoisotopic (exact) mass is 566 g/mol. The molecular weight excluding hydrogens is 527 g/mol. The Balaban J connectivity index is 0.00000480. The highest BCUT2D eigenvalue weighted by molar-refractivity contribution is 14.0. The van der Waals surface area contributed by atoms with Crippen LogP contribution < -0.4 is 15.4 Å². The number of halogens is 1. The minimum absolute atomic E-state index is 0. The summed E-state index contributed by atoms with van der Waals surface area (Å²) in [7, 11) is -1.32. The molecule has 1 fully saturated rings. The van der Waals surface area contributed by atoms with Crippen LogP contribution in [0.5, 0.6) is 5.75 Å². The van der Waals surface area contributed by atoms with Gasteiger partial charge in [0, 0.05) is 38.8 Å². The molecule has 0 saturated carbocycles. The first kappa shape index (κ1) is 28.0. The van der Waals surface area contributed by atoms with Gasteiger partial charge in [0.05, 0.1) is 12.9 Å². The van der Waals surface area contributed by atoms with Gasteiger partial charge in [-0.25, -0.2) is 12.7 Å². The molecule has 0 spiro atoms. The van der Waals surface area contributed by atoms with Gasteiger partial charge < -0.3 is 15.4 Å². The molecule has 9 heteroatoms. The average Bonchev–Trinajstić information content (AvgIpc) is 2.68. The summed E-state index contributed by atoms with van der Waals surface area (Å²) in [6, 6.07) is 6.28. The van der Waals surface area contributed by atoms with E-state index in [9.17, 15) is 8.42 Å². The summed E-state index contributed by atoms with van der Waals surface area (Å²) in [5.41, 5.74) is 2.29. The quantitative estimate of drug-likeness (QED) is 0.272. The molecular formula is C22H39IN4O3S. The largest absolute Gasteiger partial charge is 0.493 e. The molecule has 7 nitrogen and oxygen atoms in total. The van der Waals surface area contributed by atoms with Crippen LogP contribution in [0.25, 0.3) is 0 Å². The van der Waals surface area contributed by atoms with Crippen LogP contribution >= 0.6 is 24.0 Å². The van der Waals surface area contributed by atoms with Crippen molar-refractivity contribution in [3.8, 4) is 5.75 Å². The second-order valence-corrected chi connectivity index (χ2v) is 10.5. The SMILES string of the molecule is CN=C(NCc1ccc(C)cc1OCCC(C)C)NCC1CCN(S(C)(=O)=O)CC1.I. The van der Waals surface area contributed by atoms with Gasteiger partial charge in [-0.1, -0.05) is 26.0 Å². The fourth-order valence-corrected chi connectivity index (χ4v) is 4.31. The lowest BCUT2D eigenvalue weighted by Crippen LogP contribution is -2.43. The predicted molar refractivity (Wildman–Crippen MR) is 139 cm³/mol. The first-order valence-electron chi connectivity index (χ1n) is 10.8. The van der Waals surface area contributed by atoms with Gasteiger partial charge in [-0.3, -0.25) is 4.99 Å². The van der Waals surface area contributed by atoms with E-state index in [0.29, 0.717) is 38.1 Å². The van der Waals surface area contributed by atoms with Crippen molar-refractivity contribution in [2.24, 2.45) is 16.8 Å². The van der Waals surface area contributed by atoms with E-state index in [0.717, 1.165) is 43.1 Å². The highest BCUT2D eigenvalue weighted by atomic mass is 127. The van der Waals surface area contributed by atoms with E-state index >= 15 is 0 Å². The number of benzene rings is 1. The van der Waals surface area contributed by atoms with E-state index in [1.807, 2.05) is 0 Å². The van der Waals surface area contributed by atoms with E-state index in [1.54, 1.807) is 11.4 Å². The molecule has 1 heterocycles. The van der Waals surface area contributed by atoms with Crippen LogP contribution in [0.1, 0.15) is 44.2 Å². The van der Waals surface area contributed by atoms with Crippen molar-refractivity contribution >= 4 is 40.0 Å². The van der Waals surface area contributed by atoms with Gasteiger partial charge in [0.15, 0.2) is 5.96 Å². The van der Waals surface area contributed by atoms with Gasteiger partial charge in [0.2, 0.25) is 10.0 Å². The Hall–Kier alpha value is -1.07. The topological polar surface area (TPSA) is 83.0 Å². The molecule has 0 bridgehead atoms. The van der Waals surface area contributed by atoms with Gasteiger partial charge in [0.25, 0.3) is 0 Å². The Labute approximate surface area is 205 Å². The maximum Gasteiger partial charge on any atom is 0.211 e. The predicted octanol–water partition coefficient (Wildman–Crippen LogP) is 3.37. The fourth-order valence-electron chi connectivity index (χ4n) is 3.43. The first-order chi connectivity index (χ1) is 14.2. The molecule has 1 aromatic carbocycles. The number of piperidine rings is 1. The third kappa shape index (κ3) is 9.95. The number of aryl methyl sites for hydroxylation is 1. The zero-order valence-corrected chi connectivity index (χ0v) is 22.6.